The van der Waals surface area contributed by atoms with Crippen LogP contribution in [0.3, 0.4) is 0 Å². The summed E-state index contributed by atoms with van der Waals surface area (Å²) in [6.45, 7) is 1.81. The Morgan fingerprint density at radius 2 is 2.42 bits per heavy atom. The molecule has 0 amide bonds. The smallest absolute Gasteiger partial charge is 0.297 e. The number of aromatic amines is 1. The first-order valence-corrected chi connectivity index (χ1v) is 3.79. The van der Waals surface area contributed by atoms with Gasteiger partial charge in [0.15, 0.2) is 0 Å². The molecule has 1 N–H and O–H groups in total. The van der Waals surface area contributed by atoms with Crippen molar-refractivity contribution >= 4 is 17.2 Å². The highest BCUT2D eigenvalue weighted by molar-refractivity contribution is 6.29. The van der Waals surface area contributed by atoms with E-state index in [2.05, 4.69) is 9.97 Å². The zero-order valence-corrected chi connectivity index (χ0v) is 7.09. The van der Waals surface area contributed by atoms with E-state index in [9.17, 15) is 4.79 Å². The lowest BCUT2D eigenvalue weighted by Crippen LogP contribution is -2.16. The molecular formula is C7H6ClN3O. The number of aryl methyl sites for hydroxylation is 1. The quantitative estimate of drug-likeness (QED) is 0.620. The minimum Gasteiger partial charge on any atom is -0.297 e. The summed E-state index contributed by atoms with van der Waals surface area (Å²) in [7, 11) is 0. The lowest BCUT2D eigenvalue weighted by molar-refractivity contribution is 0.968. The fourth-order valence-electron chi connectivity index (χ4n) is 1.13. The number of hydrogen-bond acceptors (Lipinski definition) is 2. The summed E-state index contributed by atoms with van der Waals surface area (Å²) in [5.41, 5.74) is 1.11. The van der Waals surface area contributed by atoms with Crippen molar-refractivity contribution < 1.29 is 0 Å². The lowest BCUT2D eigenvalue weighted by Gasteiger charge is -1.94. The van der Waals surface area contributed by atoms with E-state index in [4.69, 9.17) is 11.6 Å². The van der Waals surface area contributed by atoms with Crippen LogP contribution in [-0.4, -0.2) is 14.4 Å². The fraction of sp³-hybridized carbons (Fsp3) is 0.143. The number of imidazole rings is 1. The van der Waals surface area contributed by atoms with Crippen molar-refractivity contribution in [3.63, 3.8) is 0 Å². The molecule has 12 heavy (non-hydrogen) atoms. The number of halogens is 1. The number of aromatic nitrogens is 3. The molecule has 0 spiro atoms. The minimum absolute atomic E-state index is 0.257. The van der Waals surface area contributed by atoms with E-state index in [0.717, 1.165) is 5.69 Å². The van der Waals surface area contributed by atoms with Gasteiger partial charge in [0, 0.05) is 18.0 Å². The molecule has 2 aromatic heterocycles. The molecule has 0 fully saturated rings. The van der Waals surface area contributed by atoms with Gasteiger partial charge in [-0.2, -0.15) is 0 Å². The summed E-state index contributed by atoms with van der Waals surface area (Å²) in [4.78, 5) is 17.7. The van der Waals surface area contributed by atoms with Crippen LogP contribution in [0.4, 0.5) is 0 Å². The third-order valence-electron chi connectivity index (χ3n) is 1.65. The highest BCUT2D eigenvalue weighted by atomic mass is 35.5. The largest absolute Gasteiger partial charge is 0.332 e. The van der Waals surface area contributed by atoms with Crippen molar-refractivity contribution in [1.29, 1.82) is 0 Å². The predicted octanol–water partition coefficient (Wildman–Crippen LogP) is 0.984. The zero-order chi connectivity index (χ0) is 8.72. The van der Waals surface area contributed by atoms with Gasteiger partial charge >= 0.3 is 5.69 Å². The Labute approximate surface area is 72.8 Å². The van der Waals surface area contributed by atoms with E-state index < -0.39 is 0 Å². The van der Waals surface area contributed by atoms with Gasteiger partial charge in [-0.15, -0.1) is 0 Å². The molecule has 0 unspecified atom stereocenters. The van der Waals surface area contributed by atoms with Crippen LogP contribution in [0.15, 0.2) is 17.1 Å². The second-order valence-corrected chi connectivity index (χ2v) is 2.92. The molecule has 4 nitrogen and oxygen atoms in total. The van der Waals surface area contributed by atoms with Gasteiger partial charge in [-0.1, -0.05) is 11.6 Å². The Bertz CT molecular complexity index is 485. The summed E-state index contributed by atoms with van der Waals surface area (Å²) in [6.07, 6.45) is 1.63. The molecule has 2 heterocycles. The predicted molar refractivity (Wildman–Crippen MR) is 45.6 cm³/mol. The van der Waals surface area contributed by atoms with Crippen LogP contribution in [0, 0.1) is 6.92 Å². The monoisotopic (exact) mass is 183 g/mol. The van der Waals surface area contributed by atoms with E-state index in [-0.39, 0.29) is 5.69 Å². The van der Waals surface area contributed by atoms with Crippen molar-refractivity contribution in [1.82, 2.24) is 14.4 Å². The first kappa shape index (κ1) is 7.36. The average Bonchev–Trinajstić information content (AvgIpc) is 2.31. The molecule has 5 heteroatoms. The van der Waals surface area contributed by atoms with Crippen molar-refractivity contribution in [3.05, 3.63) is 33.6 Å². The first-order valence-electron chi connectivity index (χ1n) is 3.41. The minimum atomic E-state index is -0.257. The Kier molecular flexibility index (Phi) is 1.44. The second kappa shape index (κ2) is 2.35. The molecule has 0 saturated heterocycles. The van der Waals surface area contributed by atoms with Gasteiger partial charge in [0.2, 0.25) is 0 Å². The van der Waals surface area contributed by atoms with Crippen LogP contribution in [0.5, 0.6) is 0 Å². The van der Waals surface area contributed by atoms with E-state index in [1.54, 1.807) is 12.3 Å². The molecule has 0 aliphatic rings. The van der Waals surface area contributed by atoms with Gasteiger partial charge in [0.25, 0.3) is 0 Å². The third kappa shape index (κ3) is 0.921. The number of nitrogens with one attached hydrogen (secondary N) is 1. The van der Waals surface area contributed by atoms with Gasteiger partial charge in [-0.25, -0.2) is 14.2 Å². The standard InChI is InChI=1S/C7H6ClN3O/c1-4-3-9-6-2-5(8)10-7(12)11(4)6/h2-3H,1H3,(H,10,12). The van der Waals surface area contributed by atoms with Crippen LogP contribution in [0.2, 0.25) is 5.15 Å². The molecule has 0 bridgehead atoms. The molecule has 0 aliphatic carbocycles. The van der Waals surface area contributed by atoms with Gasteiger partial charge in [-0.3, -0.25) is 4.98 Å². The Balaban J connectivity index is 3.03. The van der Waals surface area contributed by atoms with Crippen molar-refractivity contribution in [3.8, 4) is 0 Å². The maximum atomic E-state index is 11.3. The molecule has 0 saturated carbocycles. The fourth-order valence-corrected chi connectivity index (χ4v) is 1.31. The Hall–Kier alpha value is -1.29. The van der Waals surface area contributed by atoms with Crippen molar-refractivity contribution in [2.75, 3.05) is 0 Å². The summed E-state index contributed by atoms with van der Waals surface area (Å²) in [5, 5.41) is 0.304. The summed E-state index contributed by atoms with van der Waals surface area (Å²) in [5.74, 6) is 0. The molecule has 62 valence electrons. The van der Waals surface area contributed by atoms with Crippen molar-refractivity contribution in [2.45, 2.75) is 6.92 Å². The van der Waals surface area contributed by atoms with Gasteiger partial charge in [-0.05, 0) is 6.92 Å². The van der Waals surface area contributed by atoms with E-state index >= 15 is 0 Å². The lowest BCUT2D eigenvalue weighted by atomic mass is 10.5. The van der Waals surface area contributed by atoms with E-state index in [1.165, 1.54) is 4.40 Å². The van der Waals surface area contributed by atoms with Gasteiger partial charge in [0.1, 0.15) is 10.8 Å². The first-order chi connectivity index (χ1) is 5.68. The van der Waals surface area contributed by atoms with Gasteiger partial charge < -0.3 is 0 Å². The third-order valence-corrected chi connectivity index (χ3v) is 1.85. The number of nitrogens with zero attached hydrogens (tertiary/aromatic N) is 2. The van der Waals surface area contributed by atoms with E-state index in [1.807, 2.05) is 6.92 Å². The van der Waals surface area contributed by atoms with E-state index in [0.29, 0.717) is 10.8 Å². The summed E-state index contributed by atoms with van der Waals surface area (Å²) < 4.78 is 1.46. The maximum Gasteiger partial charge on any atom is 0.332 e. The molecule has 0 aliphatic heterocycles. The second-order valence-electron chi connectivity index (χ2n) is 2.52. The average molecular weight is 184 g/mol. The van der Waals surface area contributed by atoms with Crippen LogP contribution >= 0.6 is 11.6 Å². The Morgan fingerprint density at radius 1 is 1.67 bits per heavy atom. The van der Waals surface area contributed by atoms with Crippen LogP contribution in [0.25, 0.3) is 5.65 Å². The van der Waals surface area contributed by atoms with Crippen molar-refractivity contribution in [2.24, 2.45) is 0 Å². The molecule has 0 aromatic carbocycles. The molecular weight excluding hydrogens is 178 g/mol. The van der Waals surface area contributed by atoms with Crippen LogP contribution < -0.4 is 5.69 Å². The zero-order valence-electron chi connectivity index (χ0n) is 6.34. The molecule has 0 radical (unpaired) electrons. The van der Waals surface area contributed by atoms with Crippen LogP contribution in [0.1, 0.15) is 5.69 Å². The molecule has 0 atom stereocenters. The summed E-state index contributed by atoms with van der Waals surface area (Å²) in [6, 6.07) is 1.61. The highest BCUT2D eigenvalue weighted by Gasteiger charge is 2.02. The molecule has 2 rings (SSSR count). The SMILES string of the molecule is Cc1cnc2cc(Cl)[nH]c(=O)n12. The summed E-state index contributed by atoms with van der Waals surface area (Å²) >= 11 is 5.62. The topological polar surface area (TPSA) is 50.2 Å². The normalized spacial score (nSPS) is 10.8. The van der Waals surface area contributed by atoms with Crippen LogP contribution in [-0.2, 0) is 0 Å². The number of rotatable bonds is 0. The molecule has 2 aromatic rings. The number of hydrogen-bond donors (Lipinski definition) is 1. The van der Waals surface area contributed by atoms with Gasteiger partial charge in [0.05, 0.1) is 0 Å². The Morgan fingerprint density at radius 3 is 3.17 bits per heavy atom. The number of fused-ring (bicyclic) bond motifs is 1. The highest BCUT2D eigenvalue weighted by Crippen LogP contribution is 2.06. The maximum absolute atomic E-state index is 11.3. The number of H-pyrrole nitrogens is 1.